The summed E-state index contributed by atoms with van der Waals surface area (Å²) < 4.78 is 0.977. The summed E-state index contributed by atoms with van der Waals surface area (Å²) in [6, 6.07) is 15.1. The van der Waals surface area contributed by atoms with Gasteiger partial charge in [0.2, 0.25) is 0 Å². The van der Waals surface area contributed by atoms with Crippen molar-refractivity contribution in [2.24, 2.45) is 0 Å². The van der Waals surface area contributed by atoms with Gasteiger partial charge in [-0.3, -0.25) is 14.6 Å². The van der Waals surface area contributed by atoms with Crippen LogP contribution in [0.5, 0.6) is 0 Å². The Labute approximate surface area is 177 Å². The Morgan fingerprint density at radius 3 is 2.41 bits per heavy atom. The first-order valence-electron chi connectivity index (χ1n) is 9.78. The van der Waals surface area contributed by atoms with Crippen LogP contribution < -0.4 is 0 Å². The molecule has 2 atom stereocenters. The molecule has 6 heteroatoms. The van der Waals surface area contributed by atoms with E-state index in [0.29, 0.717) is 6.42 Å². The second-order valence-electron chi connectivity index (χ2n) is 8.77. The minimum atomic E-state index is -0.564. The number of nitrogens with zero attached hydrogens (tertiary/aromatic N) is 2. The van der Waals surface area contributed by atoms with Crippen molar-refractivity contribution < 1.29 is 9.59 Å². The summed E-state index contributed by atoms with van der Waals surface area (Å²) in [7, 11) is 0. The fraction of sp³-hybridized carbons (Fsp3) is 0.304. The molecule has 0 saturated carbocycles. The van der Waals surface area contributed by atoms with Crippen molar-refractivity contribution in [2.75, 3.05) is 0 Å². The Hall–Kier alpha value is -2.60. The van der Waals surface area contributed by atoms with Crippen LogP contribution in [0.25, 0.3) is 10.9 Å². The first kappa shape index (κ1) is 18.4. The summed E-state index contributed by atoms with van der Waals surface area (Å²) in [5.74, 6) is -0.111. The molecule has 0 spiro atoms. The second-order valence-corrected chi connectivity index (χ2v) is 9.69. The van der Waals surface area contributed by atoms with E-state index >= 15 is 0 Å². The maximum atomic E-state index is 13.5. The fourth-order valence-electron chi connectivity index (χ4n) is 4.68. The lowest BCUT2D eigenvalue weighted by molar-refractivity contribution is -0.131. The fourth-order valence-corrected chi connectivity index (χ4v) is 4.95. The minimum absolute atomic E-state index is 0.111. The lowest BCUT2D eigenvalue weighted by atomic mass is 9.89. The first-order chi connectivity index (χ1) is 13.8. The van der Waals surface area contributed by atoms with Gasteiger partial charge < -0.3 is 4.98 Å². The molecule has 2 aromatic carbocycles. The summed E-state index contributed by atoms with van der Waals surface area (Å²) in [5.41, 5.74) is 3.59. The van der Waals surface area contributed by atoms with E-state index in [-0.39, 0.29) is 18.0 Å². The van der Waals surface area contributed by atoms with E-state index in [1.165, 1.54) is 4.90 Å². The zero-order valence-corrected chi connectivity index (χ0v) is 18.2. The van der Waals surface area contributed by atoms with E-state index in [0.717, 1.165) is 32.2 Å². The summed E-state index contributed by atoms with van der Waals surface area (Å²) in [6.07, 6.45) is 0.531. The molecule has 1 fully saturated rings. The van der Waals surface area contributed by atoms with Crippen LogP contribution in [0.3, 0.4) is 0 Å². The molecule has 5 nitrogen and oxygen atoms in total. The van der Waals surface area contributed by atoms with E-state index < -0.39 is 11.6 Å². The Morgan fingerprint density at radius 1 is 1.03 bits per heavy atom. The van der Waals surface area contributed by atoms with Gasteiger partial charge in [-0.1, -0.05) is 46.3 Å². The highest BCUT2D eigenvalue weighted by Crippen LogP contribution is 2.45. The van der Waals surface area contributed by atoms with Crippen LogP contribution in [0.15, 0.2) is 53.0 Å². The van der Waals surface area contributed by atoms with E-state index in [1.54, 1.807) is 4.90 Å². The number of aromatic amines is 1. The van der Waals surface area contributed by atoms with Crippen LogP contribution in [-0.2, 0) is 11.2 Å². The van der Waals surface area contributed by atoms with E-state index in [2.05, 4.69) is 27.0 Å². The summed E-state index contributed by atoms with van der Waals surface area (Å²) in [5, 5.41) is 1.12. The van der Waals surface area contributed by atoms with Crippen LogP contribution in [-0.4, -0.2) is 38.3 Å². The number of carbonyl (C=O) groups is 2. The third-order valence-corrected chi connectivity index (χ3v) is 6.43. The Bertz CT molecular complexity index is 1140. The number of hydrogen-bond donors (Lipinski definition) is 1. The predicted molar refractivity (Wildman–Crippen MR) is 116 cm³/mol. The zero-order chi connectivity index (χ0) is 20.5. The van der Waals surface area contributed by atoms with Gasteiger partial charge in [-0.2, -0.15) is 0 Å². The van der Waals surface area contributed by atoms with Crippen LogP contribution in [0.2, 0.25) is 0 Å². The van der Waals surface area contributed by atoms with Gasteiger partial charge in [0, 0.05) is 33.0 Å². The number of para-hydroxylation sites is 1. The van der Waals surface area contributed by atoms with Gasteiger partial charge in [0.05, 0.1) is 0 Å². The molecule has 3 heterocycles. The number of amides is 3. The maximum absolute atomic E-state index is 13.5. The third-order valence-electron chi connectivity index (χ3n) is 5.91. The molecular formula is C23H22BrN3O2. The lowest BCUT2D eigenvalue weighted by Gasteiger charge is -2.36. The number of carbonyl (C=O) groups excluding carboxylic acids is 2. The normalized spacial score (nSPS) is 21.7. The maximum Gasteiger partial charge on any atom is 0.328 e. The SMILES string of the molecule is CC(C)(C)N1C(=O)[C@H]2Cc3c([nH]c4ccccc34)[C@H](c3ccc(Br)cc3)N2C1=O. The van der Waals surface area contributed by atoms with Gasteiger partial charge >= 0.3 is 6.03 Å². The molecular weight excluding hydrogens is 430 g/mol. The molecule has 2 aliphatic heterocycles. The highest BCUT2D eigenvalue weighted by atomic mass is 79.9. The molecule has 5 rings (SSSR count). The van der Waals surface area contributed by atoms with Crippen LogP contribution in [0.4, 0.5) is 4.79 Å². The Balaban J connectivity index is 1.74. The van der Waals surface area contributed by atoms with Crippen molar-refractivity contribution in [3.05, 3.63) is 69.8 Å². The van der Waals surface area contributed by atoms with Crippen molar-refractivity contribution >= 4 is 38.8 Å². The monoisotopic (exact) mass is 451 g/mol. The minimum Gasteiger partial charge on any atom is -0.356 e. The number of benzene rings is 2. The van der Waals surface area contributed by atoms with Gasteiger partial charge in [-0.15, -0.1) is 0 Å². The largest absolute Gasteiger partial charge is 0.356 e. The molecule has 148 valence electrons. The molecule has 1 aromatic heterocycles. The highest BCUT2D eigenvalue weighted by Gasteiger charge is 2.55. The van der Waals surface area contributed by atoms with Crippen molar-refractivity contribution in [3.8, 4) is 0 Å². The van der Waals surface area contributed by atoms with Crippen molar-refractivity contribution in [3.63, 3.8) is 0 Å². The average Bonchev–Trinajstić information content (AvgIpc) is 3.16. The molecule has 0 aliphatic carbocycles. The van der Waals surface area contributed by atoms with E-state index in [1.807, 2.05) is 63.2 Å². The number of imide groups is 1. The van der Waals surface area contributed by atoms with Crippen LogP contribution >= 0.6 is 15.9 Å². The smallest absolute Gasteiger partial charge is 0.328 e. The highest BCUT2D eigenvalue weighted by molar-refractivity contribution is 9.10. The molecule has 0 unspecified atom stereocenters. The van der Waals surface area contributed by atoms with Crippen LogP contribution in [0.1, 0.15) is 43.6 Å². The summed E-state index contributed by atoms with van der Waals surface area (Å²) in [4.78, 5) is 33.6. The molecule has 29 heavy (non-hydrogen) atoms. The van der Waals surface area contributed by atoms with Crippen molar-refractivity contribution in [1.29, 1.82) is 0 Å². The number of H-pyrrole nitrogens is 1. The molecule has 0 radical (unpaired) electrons. The topological polar surface area (TPSA) is 56.4 Å². The van der Waals surface area contributed by atoms with Gasteiger partial charge in [0.1, 0.15) is 12.1 Å². The van der Waals surface area contributed by atoms with Crippen molar-refractivity contribution in [1.82, 2.24) is 14.8 Å². The quantitative estimate of drug-likeness (QED) is 0.528. The van der Waals surface area contributed by atoms with Crippen molar-refractivity contribution in [2.45, 2.75) is 44.8 Å². The number of nitrogens with one attached hydrogen (secondary N) is 1. The average molecular weight is 452 g/mol. The third kappa shape index (κ3) is 2.65. The van der Waals surface area contributed by atoms with Gasteiger partial charge in [-0.05, 0) is 50.1 Å². The predicted octanol–water partition coefficient (Wildman–Crippen LogP) is 5.01. The number of aromatic nitrogens is 1. The summed E-state index contributed by atoms with van der Waals surface area (Å²) >= 11 is 3.49. The lowest BCUT2D eigenvalue weighted by Crippen LogP contribution is -2.46. The zero-order valence-electron chi connectivity index (χ0n) is 16.6. The number of halogens is 1. The van der Waals surface area contributed by atoms with Gasteiger partial charge in [-0.25, -0.2) is 4.79 Å². The standard InChI is InChI=1S/C23H22BrN3O2/c1-23(2,3)27-21(28)18-12-16-15-6-4-5-7-17(15)25-19(16)20(26(18)22(27)29)13-8-10-14(24)11-9-13/h4-11,18,20,25H,12H2,1-3H3/t18-,20+/m1/s1. The first-order valence-corrected chi connectivity index (χ1v) is 10.6. The molecule has 2 aliphatic rings. The van der Waals surface area contributed by atoms with E-state index in [9.17, 15) is 9.59 Å². The molecule has 3 aromatic rings. The summed E-state index contributed by atoms with van der Waals surface area (Å²) in [6.45, 7) is 5.72. The number of hydrogen-bond acceptors (Lipinski definition) is 2. The molecule has 1 saturated heterocycles. The number of urea groups is 1. The van der Waals surface area contributed by atoms with Gasteiger partial charge in [0.25, 0.3) is 5.91 Å². The molecule has 1 N–H and O–H groups in total. The van der Waals surface area contributed by atoms with Gasteiger partial charge in [0.15, 0.2) is 0 Å². The Morgan fingerprint density at radius 2 is 1.72 bits per heavy atom. The van der Waals surface area contributed by atoms with Crippen LogP contribution in [0, 0.1) is 0 Å². The Kier molecular flexibility index (Phi) is 3.94. The molecule has 0 bridgehead atoms. The number of rotatable bonds is 1. The molecule has 3 amide bonds. The van der Waals surface area contributed by atoms with E-state index in [4.69, 9.17) is 0 Å². The number of fused-ring (bicyclic) bond motifs is 4. The second kappa shape index (κ2) is 6.20.